The van der Waals surface area contributed by atoms with Gasteiger partial charge in [0.05, 0.1) is 6.61 Å². The highest BCUT2D eigenvalue weighted by Crippen LogP contribution is 2.60. The van der Waals surface area contributed by atoms with Crippen molar-refractivity contribution in [3.05, 3.63) is 11.6 Å². The van der Waals surface area contributed by atoms with Crippen LogP contribution in [0.25, 0.3) is 0 Å². The molecule has 13 heteroatoms. The Balaban J connectivity index is 1.58. The van der Waals surface area contributed by atoms with Gasteiger partial charge in [0.25, 0.3) is 0 Å². The van der Waals surface area contributed by atoms with Crippen molar-refractivity contribution in [1.29, 1.82) is 0 Å². The van der Waals surface area contributed by atoms with Crippen LogP contribution in [0.5, 0.6) is 0 Å². The highest BCUT2D eigenvalue weighted by Gasteiger charge is 2.57. The summed E-state index contributed by atoms with van der Waals surface area (Å²) in [4.78, 5) is 73.5. The monoisotopic (exact) mass is 650 g/mol. The second-order valence-electron chi connectivity index (χ2n) is 13.4. The molecule has 2 aliphatic carbocycles. The normalized spacial score (nSPS) is 35.7. The first kappa shape index (κ1) is 35.5. The van der Waals surface area contributed by atoms with E-state index in [1.807, 2.05) is 0 Å². The van der Waals surface area contributed by atoms with E-state index in [0.29, 0.717) is 31.3 Å². The van der Waals surface area contributed by atoms with Crippen molar-refractivity contribution in [2.75, 3.05) is 19.8 Å². The summed E-state index contributed by atoms with van der Waals surface area (Å²) in [7, 11) is 0. The second-order valence-corrected chi connectivity index (χ2v) is 13.4. The Morgan fingerprint density at radius 3 is 2.15 bits per heavy atom. The zero-order chi connectivity index (χ0) is 33.8. The minimum atomic E-state index is -1.32. The number of carbonyl (C=O) groups is 6. The predicted molar refractivity (Wildman–Crippen MR) is 157 cm³/mol. The molecule has 0 N–H and O–H groups in total. The van der Waals surface area contributed by atoms with Gasteiger partial charge in [0.15, 0.2) is 24.6 Å². The summed E-state index contributed by atoms with van der Waals surface area (Å²) >= 11 is 0. The van der Waals surface area contributed by atoms with E-state index in [0.717, 1.165) is 26.2 Å². The number of hydrogen-bond acceptors (Lipinski definition) is 13. The van der Waals surface area contributed by atoms with Crippen LogP contribution in [-0.2, 0) is 61.9 Å². The van der Waals surface area contributed by atoms with Crippen LogP contribution in [0.1, 0.15) is 86.5 Å². The lowest BCUT2D eigenvalue weighted by Gasteiger charge is -2.58. The number of hydrogen-bond donors (Lipinski definition) is 0. The molecule has 0 aromatic carbocycles. The number of Topliss-reactive ketones (excluding diaryl/α,β-unsaturated/α-hetero) is 1. The molecule has 1 saturated heterocycles. The molecule has 0 radical (unpaired) electrons. The van der Waals surface area contributed by atoms with Gasteiger partial charge in [0, 0.05) is 45.6 Å². The molecule has 0 aromatic rings. The smallest absolute Gasteiger partial charge is 0.334 e. The van der Waals surface area contributed by atoms with Crippen molar-refractivity contribution in [2.45, 2.75) is 117 Å². The van der Waals surface area contributed by atoms with Crippen molar-refractivity contribution in [2.24, 2.45) is 22.7 Å². The largest absolute Gasteiger partial charge is 0.463 e. The van der Waals surface area contributed by atoms with Gasteiger partial charge in [-0.3, -0.25) is 24.0 Å². The Morgan fingerprint density at radius 2 is 1.54 bits per heavy atom. The lowest BCUT2D eigenvalue weighted by atomic mass is 9.47. The van der Waals surface area contributed by atoms with E-state index in [1.165, 1.54) is 20.8 Å². The van der Waals surface area contributed by atoms with Gasteiger partial charge in [0.1, 0.15) is 25.1 Å². The van der Waals surface area contributed by atoms with Gasteiger partial charge in [-0.1, -0.05) is 20.3 Å². The molecule has 0 amide bonds. The summed E-state index contributed by atoms with van der Waals surface area (Å²) < 4.78 is 39.4. The van der Waals surface area contributed by atoms with E-state index >= 15 is 0 Å². The third-order valence-corrected chi connectivity index (χ3v) is 10.00. The van der Waals surface area contributed by atoms with Crippen molar-refractivity contribution in [3.8, 4) is 0 Å². The summed E-state index contributed by atoms with van der Waals surface area (Å²) in [5, 5.41) is 0. The molecule has 0 unspecified atom stereocenters. The van der Waals surface area contributed by atoms with Gasteiger partial charge in [-0.15, -0.1) is 0 Å². The fourth-order valence-corrected chi connectivity index (χ4v) is 8.10. The second kappa shape index (κ2) is 14.6. The molecular formula is C33H46O13. The van der Waals surface area contributed by atoms with Crippen molar-refractivity contribution < 1.29 is 61.9 Å². The third-order valence-electron chi connectivity index (χ3n) is 10.00. The van der Waals surface area contributed by atoms with Crippen LogP contribution in [-0.4, -0.2) is 86.2 Å². The molecule has 46 heavy (non-hydrogen) atoms. The summed E-state index contributed by atoms with van der Waals surface area (Å²) in [6.45, 7) is 9.07. The fourth-order valence-electron chi connectivity index (χ4n) is 8.10. The quantitative estimate of drug-likeness (QED) is 0.237. The minimum Gasteiger partial charge on any atom is -0.463 e. The highest BCUT2D eigenvalue weighted by atomic mass is 16.7. The Morgan fingerprint density at radius 1 is 0.891 bits per heavy atom. The maximum atomic E-state index is 13.3. The summed E-state index contributed by atoms with van der Waals surface area (Å²) in [6, 6.07) is 0. The maximum absolute atomic E-state index is 13.3. The van der Waals surface area contributed by atoms with E-state index in [1.54, 1.807) is 6.08 Å². The molecule has 2 heterocycles. The fraction of sp³-hybridized carbons (Fsp3) is 0.758. The van der Waals surface area contributed by atoms with Gasteiger partial charge in [-0.05, 0) is 54.9 Å². The number of carbonyl (C=O) groups excluding carboxylic acids is 6. The first-order valence-electron chi connectivity index (χ1n) is 16.0. The van der Waals surface area contributed by atoms with E-state index < -0.39 is 60.0 Å². The van der Waals surface area contributed by atoms with Crippen LogP contribution in [0.15, 0.2) is 11.6 Å². The standard InChI is InChI=1S/C33H46O13/c1-18(34)41-16-25-27(43-19(2)35)28(44-20(3)36)29(45-21(4)37)31(46-25)42-17-32(5)13-7-14-33(6)23(24(38)10-11-26(32)33)9-8-22-12-15-40-30(22)39/h12,23,25-29,31H,7-11,13-17H2,1-6H3/t23-,25-,26-,27-,28+,29-,31-,32+,33+/m1/s1. The molecule has 4 rings (SSSR count). The average molecular weight is 651 g/mol. The lowest BCUT2D eigenvalue weighted by Crippen LogP contribution is -2.63. The Kier molecular flexibility index (Phi) is 11.3. The SMILES string of the molecule is CC(=O)OC[C@H]1O[C@@H](OC[C@]2(C)CCC[C@@]3(C)[C@H](CCC4=CCOC4=O)C(=O)CC[C@H]23)[C@H](OC(C)=O)[C@@H](OC(C)=O)[C@@H]1OC(C)=O. The zero-order valence-electron chi connectivity index (χ0n) is 27.5. The Bertz CT molecular complexity index is 1240. The molecule has 3 fully saturated rings. The molecule has 2 saturated carbocycles. The number of ketones is 1. The van der Waals surface area contributed by atoms with E-state index in [2.05, 4.69) is 13.8 Å². The molecule has 256 valence electrons. The number of rotatable bonds is 11. The number of fused-ring (bicyclic) bond motifs is 1. The lowest BCUT2D eigenvalue weighted by molar-refractivity contribution is -0.315. The summed E-state index contributed by atoms with van der Waals surface area (Å²) in [5.41, 5.74) is -0.142. The van der Waals surface area contributed by atoms with Gasteiger partial charge in [-0.25, -0.2) is 4.79 Å². The molecule has 0 spiro atoms. The van der Waals surface area contributed by atoms with Crippen LogP contribution in [0.3, 0.4) is 0 Å². The molecule has 0 bridgehead atoms. The Hall–Kier alpha value is -3.32. The minimum absolute atomic E-state index is 0.0895. The first-order valence-corrected chi connectivity index (χ1v) is 16.0. The van der Waals surface area contributed by atoms with Crippen molar-refractivity contribution in [3.63, 3.8) is 0 Å². The molecule has 4 aliphatic rings. The van der Waals surface area contributed by atoms with Crippen LogP contribution in [0.4, 0.5) is 0 Å². The maximum Gasteiger partial charge on any atom is 0.334 e. The molecule has 13 nitrogen and oxygen atoms in total. The van der Waals surface area contributed by atoms with Gasteiger partial charge in [0.2, 0.25) is 0 Å². The van der Waals surface area contributed by atoms with E-state index in [4.69, 9.17) is 33.2 Å². The summed E-state index contributed by atoms with van der Waals surface area (Å²) in [6.07, 6.45) is 0.150. The topological polar surface area (TPSA) is 167 Å². The van der Waals surface area contributed by atoms with E-state index in [-0.39, 0.29) is 48.8 Å². The van der Waals surface area contributed by atoms with Gasteiger partial charge < -0.3 is 33.2 Å². The molecule has 0 aromatic heterocycles. The number of cyclic esters (lactones) is 1. The molecular weight excluding hydrogens is 604 g/mol. The molecule has 9 atom stereocenters. The Labute approximate surface area is 268 Å². The van der Waals surface area contributed by atoms with Gasteiger partial charge >= 0.3 is 29.8 Å². The third kappa shape index (κ3) is 7.96. The summed E-state index contributed by atoms with van der Waals surface area (Å²) in [5.74, 6) is -3.00. The van der Waals surface area contributed by atoms with Crippen LogP contribution in [0, 0.1) is 22.7 Å². The van der Waals surface area contributed by atoms with Crippen molar-refractivity contribution in [1.82, 2.24) is 0 Å². The zero-order valence-corrected chi connectivity index (χ0v) is 27.5. The average Bonchev–Trinajstić information content (AvgIpc) is 3.36. The highest BCUT2D eigenvalue weighted by molar-refractivity contribution is 5.90. The first-order chi connectivity index (χ1) is 21.6. The van der Waals surface area contributed by atoms with E-state index in [9.17, 15) is 28.8 Å². The van der Waals surface area contributed by atoms with Crippen LogP contribution < -0.4 is 0 Å². The number of esters is 5. The van der Waals surface area contributed by atoms with Crippen LogP contribution in [0.2, 0.25) is 0 Å². The number of ether oxygens (including phenoxy) is 7. The van der Waals surface area contributed by atoms with Crippen LogP contribution >= 0.6 is 0 Å². The van der Waals surface area contributed by atoms with Gasteiger partial charge in [-0.2, -0.15) is 0 Å². The predicted octanol–water partition coefficient (Wildman–Crippen LogP) is 3.14. The van der Waals surface area contributed by atoms with Crippen molar-refractivity contribution >= 4 is 35.6 Å². The molecule has 2 aliphatic heterocycles.